The Hall–Kier alpha value is -1.55. The highest BCUT2D eigenvalue weighted by Gasteiger charge is 2.42. The van der Waals surface area contributed by atoms with Gasteiger partial charge in [-0.1, -0.05) is 56.9 Å². The van der Waals surface area contributed by atoms with Crippen LogP contribution < -0.4 is 5.56 Å². The zero-order valence-corrected chi connectivity index (χ0v) is 16.5. The van der Waals surface area contributed by atoms with Gasteiger partial charge in [-0.2, -0.15) is 11.8 Å². The molecular weight excluding hydrogens is 340 g/mol. The lowest BCUT2D eigenvalue weighted by atomic mass is 9.62. The van der Waals surface area contributed by atoms with Crippen LogP contribution in [-0.4, -0.2) is 15.7 Å². The molecule has 2 aliphatic rings. The molecule has 3 nitrogen and oxygen atoms in total. The van der Waals surface area contributed by atoms with Crippen molar-refractivity contribution in [1.29, 1.82) is 0 Å². The van der Waals surface area contributed by atoms with Gasteiger partial charge in [0.05, 0.1) is 17.0 Å². The third-order valence-corrected chi connectivity index (χ3v) is 7.05. The molecule has 1 spiro atoms. The van der Waals surface area contributed by atoms with Crippen LogP contribution in [0.2, 0.25) is 0 Å². The molecule has 1 aromatic carbocycles. The largest absolute Gasteiger partial charge is 0.310 e. The molecule has 1 aromatic heterocycles. The topological polar surface area (TPSA) is 45.8 Å². The molecule has 2 aromatic rings. The number of aromatic amines is 1. The fraction of sp³-hybridized carbons (Fsp3) is 0.545. The van der Waals surface area contributed by atoms with Crippen LogP contribution in [0.1, 0.15) is 68.8 Å². The van der Waals surface area contributed by atoms with E-state index in [1.807, 2.05) is 11.8 Å². The molecule has 138 valence electrons. The van der Waals surface area contributed by atoms with Gasteiger partial charge in [-0.3, -0.25) is 4.79 Å². The molecule has 0 unspecified atom stereocenters. The number of rotatable bonds is 5. The number of benzene rings is 1. The lowest BCUT2D eigenvalue weighted by molar-refractivity contribution is 0.285. The molecule has 1 fully saturated rings. The Kier molecular flexibility index (Phi) is 5.21. The third kappa shape index (κ3) is 3.24. The number of hydrogen-bond acceptors (Lipinski definition) is 3. The number of aromatic nitrogens is 2. The number of nitrogens with zero attached hydrogens (tertiary/aromatic N) is 1. The summed E-state index contributed by atoms with van der Waals surface area (Å²) in [5.41, 5.74) is 4.57. The first-order valence-corrected chi connectivity index (χ1v) is 11.2. The van der Waals surface area contributed by atoms with E-state index in [1.165, 1.54) is 43.2 Å². The summed E-state index contributed by atoms with van der Waals surface area (Å²) in [6, 6.07) is 8.56. The van der Waals surface area contributed by atoms with E-state index in [0.717, 1.165) is 47.8 Å². The first kappa shape index (κ1) is 17.8. The van der Waals surface area contributed by atoms with Crippen molar-refractivity contribution in [3.63, 3.8) is 0 Å². The maximum atomic E-state index is 13.2. The van der Waals surface area contributed by atoms with Gasteiger partial charge >= 0.3 is 0 Å². The second-order valence-electron chi connectivity index (χ2n) is 7.82. The fourth-order valence-electron chi connectivity index (χ4n) is 4.70. The summed E-state index contributed by atoms with van der Waals surface area (Å²) in [6.45, 7) is 2.21. The summed E-state index contributed by atoms with van der Waals surface area (Å²) in [7, 11) is 0. The monoisotopic (exact) mass is 368 g/mol. The molecule has 0 atom stereocenters. The second-order valence-corrected chi connectivity index (χ2v) is 8.92. The van der Waals surface area contributed by atoms with Crippen LogP contribution in [-0.2, 0) is 17.6 Å². The predicted octanol–water partition coefficient (Wildman–Crippen LogP) is 5.23. The minimum atomic E-state index is -0.00357. The Balaban J connectivity index is 1.77. The van der Waals surface area contributed by atoms with Gasteiger partial charge in [0.1, 0.15) is 5.82 Å². The van der Waals surface area contributed by atoms with E-state index in [4.69, 9.17) is 4.98 Å². The van der Waals surface area contributed by atoms with Crippen molar-refractivity contribution in [3.05, 3.63) is 51.6 Å². The summed E-state index contributed by atoms with van der Waals surface area (Å²) in [6.07, 6.45) is 9.36. The van der Waals surface area contributed by atoms with Crippen molar-refractivity contribution >= 4 is 11.8 Å². The molecule has 4 heteroatoms. The molecule has 0 amide bonds. The van der Waals surface area contributed by atoms with Crippen LogP contribution in [0.25, 0.3) is 11.3 Å². The predicted molar refractivity (Wildman–Crippen MR) is 110 cm³/mol. The number of fused-ring (bicyclic) bond motifs is 4. The smallest absolute Gasteiger partial charge is 0.255 e. The van der Waals surface area contributed by atoms with Crippen molar-refractivity contribution in [2.45, 2.75) is 69.5 Å². The molecule has 4 rings (SSSR count). The van der Waals surface area contributed by atoms with Crippen LogP contribution in [0, 0.1) is 0 Å². The maximum Gasteiger partial charge on any atom is 0.255 e. The molecule has 1 N–H and O–H groups in total. The number of nitrogens with one attached hydrogen (secondary N) is 1. The van der Waals surface area contributed by atoms with Crippen molar-refractivity contribution in [3.8, 4) is 11.3 Å². The minimum Gasteiger partial charge on any atom is -0.310 e. The molecular formula is C22H28N2OS. The van der Waals surface area contributed by atoms with Crippen LogP contribution in [0.15, 0.2) is 29.1 Å². The quantitative estimate of drug-likeness (QED) is 0.735. The minimum absolute atomic E-state index is 0.00357. The SMILES string of the molecule is CCCCSCc1nc2c(c(=O)[nH]1)C1(CCCCC1)Cc1ccccc1-2. The highest BCUT2D eigenvalue weighted by Crippen LogP contribution is 2.48. The molecule has 2 aliphatic carbocycles. The average Bonchev–Trinajstić information content (AvgIpc) is 2.66. The lowest BCUT2D eigenvalue weighted by Gasteiger charge is -2.41. The van der Waals surface area contributed by atoms with E-state index in [2.05, 4.69) is 36.2 Å². The van der Waals surface area contributed by atoms with E-state index in [-0.39, 0.29) is 11.0 Å². The van der Waals surface area contributed by atoms with Crippen molar-refractivity contribution < 1.29 is 0 Å². The van der Waals surface area contributed by atoms with Crippen LogP contribution >= 0.6 is 11.8 Å². The molecule has 1 saturated carbocycles. The Morgan fingerprint density at radius 3 is 2.81 bits per heavy atom. The Morgan fingerprint density at radius 2 is 2.00 bits per heavy atom. The average molecular weight is 369 g/mol. The Bertz CT molecular complexity index is 836. The van der Waals surface area contributed by atoms with Crippen molar-refractivity contribution in [2.24, 2.45) is 0 Å². The van der Waals surface area contributed by atoms with Crippen LogP contribution in [0.5, 0.6) is 0 Å². The van der Waals surface area contributed by atoms with E-state index >= 15 is 0 Å². The fourth-order valence-corrected chi connectivity index (χ4v) is 5.67. The maximum absolute atomic E-state index is 13.2. The molecule has 0 saturated heterocycles. The van der Waals surface area contributed by atoms with Gasteiger partial charge in [-0.05, 0) is 37.0 Å². The van der Waals surface area contributed by atoms with Gasteiger partial charge in [0.25, 0.3) is 5.56 Å². The summed E-state index contributed by atoms with van der Waals surface area (Å²) >= 11 is 1.87. The number of thioether (sulfide) groups is 1. The third-order valence-electron chi connectivity index (χ3n) is 5.99. The summed E-state index contributed by atoms with van der Waals surface area (Å²) in [5.74, 6) is 2.74. The molecule has 1 heterocycles. The van der Waals surface area contributed by atoms with Crippen molar-refractivity contribution in [2.75, 3.05) is 5.75 Å². The highest BCUT2D eigenvalue weighted by molar-refractivity contribution is 7.98. The van der Waals surface area contributed by atoms with Gasteiger partial charge in [-0.15, -0.1) is 0 Å². The summed E-state index contributed by atoms with van der Waals surface area (Å²) in [4.78, 5) is 21.3. The lowest BCUT2D eigenvalue weighted by Crippen LogP contribution is -2.41. The van der Waals surface area contributed by atoms with Gasteiger partial charge in [0.15, 0.2) is 0 Å². The van der Waals surface area contributed by atoms with Crippen LogP contribution in [0.4, 0.5) is 0 Å². The highest BCUT2D eigenvalue weighted by atomic mass is 32.2. The van der Waals surface area contributed by atoms with Crippen molar-refractivity contribution in [1.82, 2.24) is 9.97 Å². The van der Waals surface area contributed by atoms with E-state index in [1.54, 1.807) is 0 Å². The second kappa shape index (κ2) is 7.59. The van der Waals surface area contributed by atoms with Gasteiger partial charge in [0.2, 0.25) is 0 Å². The standard InChI is InChI=1S/C22H28N2OS/c1-2-3-13-26-15-18-23-20-17-10-6-5-9-16(17)14-22(11-7-4-8-12-22)19(20)21(25)24-18/h5-6,9-10H,2-4,7-8,11-15H2,1H3,(H,23,24,25). The normalized spacial score (nSPS) is 17.7. The summed E-state index contributed by atoms with van der Waals surface area (Å²) < 4.78 is 0. The number of H-pyrrole nitrogens is 1. The Morgan fingerprint density at radius 1 is 1.19 bits per heavy atom. The number of hydrogen-bond donors (Lipinski definition) is 1. The van der Waals surface area contributed by atoms with Gasteiger partial charge < -0.3 is 4.98 Å². The zero-order valence-electron chi connectivity index (χ0n) is 15.6. The first-order valence-electron chi connectivity index (χ1n) is 10.0. The van der Waals surface area contributed by atoms with Gasteiger partial charge in [0, 0.05) is 11.0 Å². The van der Waals surface area contributed by atoms with Crippen LogP contribution in [0.3, 0.4) is 0 Å². The first-order chi connectivity index (χ1) is 12.7. The molecule has 0 bridgehead atoms. The molecule has 0 radical (unpaired) electrons. The van der Waals surface area contributed by atoms with E-state index < -0.39 is 0 Å². The van der Waals surface area contributed by atoms with Gasteiger partial charge in [-0.25, -0.2) is 4.98 Å². The Labute approximate surface area is 160 Å². The number of unbranched alkanes of at least 4 members (excludes halogenated alkanes) is 1. The zero-order chi connectivity index (χ0) is 18.0. The summed E-state index contributed by atoms with van der Waals surface area (Å²) in [5, 5.41) is 0. The molecule has 0 aliphatic heterocycles. The van der Waals surface area contributed by atoms with E-state index in [9.17, 15) is 4.79 Å². The molecule has 26 heavy (non-hydrogen) atoms. The van der Waals surface area contributed by atoms with E-state index in [0.29, 0.717) is 0 Å².